The molecule has 0 amide bonds. The first-order valence-corrected chi connectivity index (χ1v) is 8.06. The molecule has 0 heterocycles. The van der Waals surface area contributed by atoms with Crippen LogP contribution in [0.4, 0.5) is 0 Å². The Morgan fingerprint density at radius 2 is 1.37 bits per heavy atom. The molecule has 1 aromatic rings. The summed E-state index contributed by atoms with van der Waals surface area (Å²) >= 11 is 0. The molecule has 0 atom stereocenters. The summed E-state index contributed by atoms with van der Waals surface area (Å²) in [6.45, 7) is 6.59. The molecule has 0 aliphatic rings. The van der Waals surface area contributed by atoms with Crippen LogP contribution in [-0.2, 0) is 19.3 Å². The first-order chi connectivity index (χ1) is 9.22. The molecule has 0 aliphatic carbocycles. The van der Waals surface area contributed by atoms with Crippen LogP contribution in [0.15, 0.2) is 12.1 Å². The standard InChI is InChI=1S/C18H30O/c1-4-7-9-11-15-13-16(6-3)18(19)17(14-15)12-10-8-5-2/h13-14,19H,4-12H2,1-3H3. The Balaban J connectivity index is 2.78. The molecule has 1 nitrogen and oxygen atoms in total. The molecule has 108 valence electrons. The van der Waals surface area contributed by atoms with Gasteiger partial charge in [0.2, 0.25) is 0 Å². The third kappa shape index (κ3) is 5.26. The van der Waals surface area contributed by atoms with Gasteiger partial charge in [0.1, 0.15) is 5.75 Å². The van der Waals surface area contributed by atoms with Crippen LogP contribution in [0.5, 0.6) is 5.75 Å². The van der Waals surface area contributed by atoms with Gasteiger partial charge in [0.25, 0.3) is 0 Å². The third-order valence-corrected chi connectivity index (χ3v) is 3.83. The minimum absolute atomic E-state index is 0.554. The zero-order valence-electron chi connectivity index (χ0n) is 13.0. The van der Waals surface area contributed by atoms with E-state index in [0.29, 0.717) is 5.75 Å². The van der Waals surface area contributed by atoms with E-state index < -0.39 is 0 Å². The summed E-state index contributed by atoms with van der Waals surface area (Å²) in [6, 6.07) is 4.44. The van der Waals surface area contributed by atoms with Gasteiger partial charge in [0, 0.05) is 0 Å². The van der Waals surface area contributed by atoms with Gasteiger partial charge in [0.15, 0.2) is 0 Å². The number of phenolic OH excluding ortho intramolecular Hbond substituents is 1. The molecule has 0 radical (unpaired) electrons. The molecule has 0 saturated carbocycles. The van der Waals surface area contributed by atoms with Crippen molar-refractivity contribution in [3.8, 4) is 5.75 Å². The first-order valence-electron chi connectivity index (χ1n) is 8.06. The fourth-order valence-corrected chi connectivity index (χ4v) is 2.58. The summed E-state index contributed by atoms with van der Waals surface area (Å²) < 4.78 is 0. The van der Waals surface area contributed by atoms with E-state index in [9.17, 15) is 5.11 Å². The smallest absolute Gasteiger partial charge is 0.121 e. The van der Waals surface area contributed by atoms with Crippen molar-refractivity contribution in [2.75, 3.05) is 0 Å². The predicted octanol–water partition coefficient (Wildman–Crippen LogP) is 5.42. The van der Waals surface area contributed by atoms with E-state index in [2.05, 4.69) is 32.9 Å². The van der Waals surface area contributed by atoms with E-state index in [1.165, 1.54) is 49.7 Å². The summed E-state index contributed by atoms with van der Waals surface area (Å²) in [5.74, 6) is 0.554. The van der Waals surface area contributed by atoms with E-state index in [4.69, 9.17) is 0 Å². The zero-order valence-corrected chi connectivity index (χ0v) is 13.0. The second-order valence-electron chi connectivity index (χ2n) is 5.53. The highest BCUT2D eigenvalue weighted by Crippen LogP contribution is 2.27. The number of unbranched alkanes of at least 4 members (excludes halogenated alkanes) is 4. The second kappa shape index (κ2) is 9.01. The SMILES string of the molecule is CCCCCc1cc(CC)c(O)c(CCCCC)c1. The maximum absolute atomic E-state index is 10.3. The highest BCUT2D eigenvalue weighted by molar-refractivity contribution is 5.44. The minimum atomic E-state index is 0.554. The van der Waals surface area contributed by atoms with Crippen LogP contribution in [0.3, 0.4) is 0 Å². The van der Waals surface area contributed by atoms with Gasteiger partial charge >= 0.3 is 0 Å². The number of aryl methyl sites for hydroxylation is 3. The molecule has 1 aromatic carbocycles. The lowest BCUT2D eigenvalue weighted by Crippen LogP contribution is -1.96. The number of hydrogen-bond acceptors (Lipinski definition) is 1. The minimum Gasteiger partial charge on any atom is -0.507 e. The molecule has 0 bridgehead atoms. The fraction of sp³-hybridized carbons (Fsp3) is 0.667. The molecule has 0 fully saturated rings. The largest absolute Gasteiger partial charge is 0.507 e. The van der Waals surface area contributed by atoms with Gasteiger partial charge in [-0.05, 0) is 48.8 Å². The van der Waals surface area contributed by atoms with Gasteiger partial charge in [-0.1, -0.05) is 58.6 Å². The predicted molar refractivity (Wildman–Crippen MR) is 83.9 cm³/mol. The van der Waals surface area contributed by atoms with Crippen LogP contribution >= 0.6 is 0 Å². The Morgan fingerprint density at radius 1 is 0.789 bits per heavy atom. The Morgan fingerprint density at radius 3 is 1.95 bits per heavy atom. The molecular weight excluding hydrogens is 232 g/mol. The van der Waals surface area contributed by atoms with E-state index >= 15 is 0 Å². The Hall–Kier alpha value is -0.980. The van der Waals surface area contributed by atoms with E-state index in [-0.39, 0.29) is 0 Å². The Kier molecular flexibility index (Phi) is 7.62. The number of aromatic hydroxyl groups is 1. The van der Waals surface area contributed by atoms with Crippen molar-refractivity contribution in [3.05, 3.63) is 28.8 Å². The van der Waals surface area contributed by atoms with Crippen molar-refractivity contribution >= 4 is 0 Å². The molecule has 0 spiro atoms. The quantitative estimate of drug-likeness (QED) is 0.589. The van der Waals surface area contributed by atoms with Gasteiger partial charge in [0.05, 0.1) is 0 Å². The van der Waals surface area contributed by atoms with Gasteiger partial charge in [-0.25, -0.2) is 0 Å². The van der Waals surface area contributed by atoms with Crippen molar-refractivity contribution < 1.29 is 5.11 Å². The average molecular weight is 262 g/mol. The number of benzene rings is 1. The molecule has 1 heteroatoms. The van der Waals surface area contributed by atoms with Gasteiger partial charge < -0.3 is 5.11 Å². The lowest BCUT2D eigenvalue weighted by Gasteiger charge is -2.12. The average Bonchev–Trinajstić information content (AvgIpc) is 2.42. The molecule has 1 rings (SSSR count). The van der Waals surface area contributed by atoms with Crippen LogP contribution in [0.2, 0.25) is 0 Å². The zero-order chi connectivity index (χ0) is 14.1. The highest BCUT2D eigenvalue weighted by atomic mass is 16.3. The first kappa shape index (κ1) is 16.1. The maximum atomic E-state index is 10.3. The van der Waals surface area contributed by atoms with Crippen LogP contribution in [-0.4, -0.2) is 5.11 Å². The number of hydrogen-bond donors (Lipinski definition) is 1. The molecule has 0 saturated heterocycles. The topological polar surface area (TPSA) is 20.2 Å². The molecule has 0 unspecified atom stereocenters. The van der Waals surface area contributed by atoms with Crippen molar-refractivity contribution in [2.24, 2.45) is 0 Å². The fourth-order valence-electron chi connectivity index (χ4n) is 2.58. The summed E-state index contributed by atoms with van der Waals surface area (Å²) in [5, 5.41) is 10.3. The molecule has 0 aromatic heterocycles. The van der Waals surface area contributed by atoms with Crippen LogP contribution < -0.4 is 0 Å². The van der Waals surface area contributed by atoms with E-state index in [1.54, 1.807) is 0 Å². The highest BCUT2D eigenvalue weighted by Gasteiger charge is 2.08. The van der Waals surface area contributed by atoms with Gasteiger partial charge in [-0.2, -0.15) is 0 Å². The maximum Gasteiger partial charge on any atom is 0.121 e. The van der Waals surface area contributed by atoms with Gasteiger partial charge in [-0.15, -0.1) is 0 Å². The van der Waals surface area contributed by atoms with Gasteiger partial charge in [-0.3, -0.25) is 0 Å². The summed E-state index contributed by atoms with van der Waals surface area (Å²) in [5.41, 5.74) is 3.70. The summed E-state index contributed by atoms with van der Waals surface area (Å²) in [4.78, 5) is 0. The normalized spacial score (nSPS) is 10.9. The summed E-state index contributed by atoms with van der Waals surface area (Å²) in [7, 11) is 0. The monoisotopic (exact) mass is 262 g/mol. The third-order valence-electron chi connectivity index (χ3n) is 3.83. The van der Waals surface area contributed by atoms with Crippen LogP contribution in [0, 0.1) is 0 Å². The Labute approximate surface area is 119 Å². The van der Waals surface area contributed by atoms with Crippen molar-refractivity contribution in [3.63, 3.8) is 0 Å². The molecule has 0 aliphatic heterocycles. The molecule has 1 N–H and O–H groups in total. The van der Waals surface area contributed by atoms with Crippen LogP contribution in [0.25, 0.3) is 0 Å². The van der Waals surface area contributed by atoms with E-state index in [1.807, 2.05) is 0 Å². The lowest BCUT2D eigenvalue weighted by atomic mass is 9.96. The second-order valence-corrected chi connectivity index (χ2v) is 5.53. The number of rotatable bonds is 9. The number of phenols is 1. The van der Waals surface area contributed by atoms with Crippen molar-refractivity contribution in [2.45, 2.75) is 78.6 Å². The van der Waals surface area contributed by atoms with Crippen molar-refractivity contribution in [1.29, 1.82) is 0 Å². The molecule has 19 heavy (non-hydrogen) atoms. The van der Waals surface area contributed by atoms with Crippen LogP contribution in [0.1, 0.15) is 76.0 Å². The molecular formula is C18H30O. The van der Waals surface area contributed by atoms with E-state index in [0.717, 1.165) is 24.8 Å². The van der Waals surface area contributed by atoms with Crippen molar-refractivity contribution in [1.82, 2.24) is 0 Å². The Bertz CT molecular complexity index is 368. The lowest BCUT2D eigenvalue weighted by molar-refractivity contribution is 0.459. The summed E-state index contributed by atoms with van der Waals surface area (Å²) in [6.07, 6.45) is 10.6.